The quantitative estimate of drug-likeness (QED) is 0.506. The molecule has 3 heterocycles. The zero-order valence-corrected chi connectivity index (χ0v) is 18.0. The molecule has 0 radical (unpaired) electrons. The third kappa shape index (κ3) is 5.03. The van der Waals surface area contributed by atoms with Crippen molar-refractivity contribution < 1.29 is 9.53 Å². The zero-order valence-electron chi connectivity index (χ0n) is 16.3. The Balaban J connectivity index is 1.41. The molecular formula is C18H24N6O3S2. The summed E-state index contributed by atoms with van der Waals surface area (Å²) in [5.41, 5.74) is 1.98. The Morgan fingerprint density at radius 1 is 1.24 bits per heavy atom. The van der Waals surface area contributed by atoms with Crippen LogP contribution in [0.5, 0.6) is 0 Å². The zero-order chi connectivity index (χ0) is 20.2. The van der Waals surface area contributed by atoms with Crippen LogP contribution in [-0.2, 0) is 28.9 Å². The molecule has 0 aromatic carbocycles. The summed E-state index contributed by atoms with van der Waals surface area (Å²) in [5, 5.41) is 12.5. The molecule has 156 valence electrons. The Kier molecular flexibility index (Phi) is 6.58. The third-order valence-electron chi connectivity index (χ3n) is 5.06. The maximum absolute atomic E-state index is 12.7. The predicted molar refractivity (Wildman–Crippen MR) is 112 cm³/mol. The van der Waals surface area contributed by atoms with Gasteiger partial charge in [-0.2, -0.15) is 4.98 Å². The van der Waals surface area contributed by atoms with Gasteiger partial charge in [0.2, 0.25) is 11.0 Å². The number of anilines is 1. The van der Waals surface area contributed by atoms with E-state index in [1.807, 2.05) is 11.5 Å². The lowest BCUT2D eigenvalue weighted by Crippen LogP contribution is -2.40. The number of rotatable bonds is 7. The van der Waals surface area contributed by atoms with E-state index in [4.69, 9.17) is 4.74 Å². The summed E-state index contributed by atoms with van der Waals surface area (Å²) in [5.74, 6) is 0.0196. The Labute approximate surface area is 176 Å². The van der Waals surface area contributed by atoms with Crippen LogP contribution in [0.4, 0.5) is 5.13 Å². The number of carbonyl (C=O) groups excluding carboxylic acids is 1. The van der Waals surface area contributed by atoms with E-state index in [2.05, 4.69) is 25.4 Å². The first-order valence-electron chi connectivity index (χ1n) is 9.75. The van der Waals surface area contributed by atoms with Crippen LogP contribution >= 0.6 is 23.1 Å². The van der Waals surface area contributed by atoms with Gasteiger partial charge < -0.3 is 4.74 Å². The molecule has 1 aliphatic carbocycles. The molecule has 29 heavy (non-hydrogen) atoms. The highest BCUT2D eigenvalue weighted by Gasteiger charge is 2.23. The number of amides is 1. The van der Waals surface area contributed by atoms with Crippen LogP contribution in [0.2, 0.25) is 0 Å². The average Bonchev–Trinajstić information content (AvgIpc) is 3.35. The van der Waals surface area contributed by atoms with E-state index in [0.717, 1.165) is 68.4 Å². The number of aromatic nitrogens is 4. The molecule has 11 heteroatoms. The first-order chi connectivity index (χ1) is 14.1. The van der Waals surface area contributed by atoms with Crippen molar-refractivity contribution in [1.82, 2.24) is 24.6 Å². The van der Waals surface area contributed by atoms with Crippen LogP contribution < -0.4 is 11.0 Å². The summed E-state index contributed by atoms with van der Waals surface area (Å²) in [4.78, 5) is 31.5. The standard InChI is InChI=1S/C18H24N6O3S2/c1-12-21-22-17(29-12)19-15(25)11-28-16-13-3-2-4-14(13)24(18(26)20-16)6-5-23-7-9-27-10-8-23/h2-11H2,1H3,(H,19,22,25). The fourth-order valence-corrected chi connectivity index (χ4v) is 5.12. The van der Waals surface area contributed by atoms with E-state index in [1.54, 1.807) is 0 Å². The maximum Gasteiger partial charge on any atom is 0.348 e. The molecule has 1 N–H and O–H groups in total. The molecule has 0 saturated carbocycles. The van der Waals surface area contributed by atoms with Gasteiger partial charge in [0, 0.05) is 37.4 Å². The number of hydrogen-bond donors (Lipinski definition) is 1. The monoisotopic (exact) mass is 436 g/mol. The van der Waals surface area contributed by atoms with Gasteiger partial charge in [0.25, 0.3) is 0 Å². The highest BCUT2D eigenvalue weighted by Crippen LogP contribution is 2.29. The summed E-state index contributed by atoms with van der Waals surface area (Å²) in [6.07, 6.45) is 2.81. The van der Waals surface area contributed by atoms with Crippen LogP contribution in [0.15, 0.2) is 9.82 Å². The van der Waals surface area contributed by atoms with Crippen molar-refractivity contribution in [3.63, 3.8) is 0 Å². The molecule has 4 rings (SSSR count). The molecule has 0 atom stereocenters. The largest absolute Gasteiger partial charge is 0.379 e. The van der Waals surface area contributed by atoms with Gasteiger partial charge in [-0.15, -0.1) is 10.2 Å². The third-order valence-corrected chi connectivity index (χ3v) is 6.83. The summed E-state index contributed by atoms with van der Waals surface area (Å²) in [6, 6.07) is 0. The Bertz CT molecular complexity index is 938. The molecule has 9 nitrogen and oxygen atoms in total. The van der Waals surface area contributed by atoms with Crippen LogP contribution in [0.3, 0.4) is 0 Å². The van der Waals surface area contributed by atoms with Gasteiger partial charge in [0.05, 0.1) is 19.0 Å². The fraction of sp³-hybridized carbons (Fsp3) is 0.611. The van der Waals surface area contributed by atoms with Crippen molar-refractivity contribution >= 4 is 34.1 Å². The van der Waals surface area contributed by atoms with E-state index in [9.17, 15) is 9.59 Å². The second kappa shape index (κ2) is 9.33. The summed E-state index contributed by atoms with van der Waals surface area (Å²) >= 11 is 2.66. The molecule has 0 bridgehead atoms. The number of hydrogen-bond acceptors (Lipinski definition) is 9. The minimum Gasteiger partial charge on any atom is -0.379 e. The highest BCUT2D eigenvalue weighted by atomic mass is 32.2. The molecule has 2 aromatic heterocycles. The number of thioether (sulfide) groups is 1. The highest BCUT2D eigenvalue weighted by molar-refractivity contribution is 8.00. The SMILES string of the molecule is Cc1nnc(NC(=O)CSc2nc(=O)n(CCN3CCOCC3)c3c2CCC3)s1. The second-order valence-electron chi connectivity index (χ2n) is 7.05. The van der Waals surface area contributed by atoms with Gasteiger partial charge in [-0.05, 0) is 26.2 Å². The Morgan fingerprint density at radius 3 is 2.83 bits per heavy atom. The number of ether oxygens (including phenoxy) is 1. The van der Waals surface area contributed by atoms with E-state index in [-0.39, 0.29) is 17.3 Å². The van der Waals surface area contributed by atoms with Crippen molar-refractivity contribution in [3.8, 4) is 0 Å². The second-order valence-corrected chi connectivity index (χ2v) is 9.19. The van der Waals surface area contributed by atoms with Crippen molar-refractivity contribution in [2.45, 2.75) is 37.8 Å². The van der Waals surface area contributed by atoms with Crippen LogP contribution in [0.25, 0.3) is 0 Å². The number of aryl methyl sites for hydroxylation is 1. The van der Waals surface area contributed by atoms with Gasteiger partial charge >= 0.3 is 5.69 Å². The maximum atomic E-state index is 12.7. The van der Waals surface area contributed by atoms with Crippen LogP contribution in [-0.4, -0.2) is 69.2 Å². The number of nitrogens with zero attached hydrogens (tertiary/aromatic N) is 5. The molecule has 2 aromatic rings. The predicted octanol–water partition coefficient (Wildman–Crippen LogP) is 0.955. The lowest BCUT2D eigenvalue weighted by Gasteiger charge is -2.27. The average molecular weight is 437 g/mol. The molecule has 1 aliphatic heterocycles. The number of morpholine rings is 1. The first-order valence-corrected chi connectivity index (χ1v) is 11.6. The molecule has 0 unspecified atom stereocenters. The minimum absolute atomic E-state index is 0.170. The van der Waals surface area contributed by atoms with Gasteiger partial charge in [-0.25, -0.2) is 4.79 Å². The van der Waals surface area contributed by atoms with E-state index >= 15 is 0 Å². The van der Waals surface area contributed by atoms with Crippen molar-refractivity contribution in [3.05, 3.63) is 26.7 Å². The molecule has 1 saturated heterocycles. The first kappa shape index (κ1) is 20.5. The van der Waals surface area contributed by atoms with Crippen LogP contribution in [0, 0.1) is 6.92 Å². The number of carbonyl (C=O) groups is 1. The normalized spacial score (nSPS) is 16.7. The van der Waals surface area contributed by atoms with E-state index in [1.165, 1.54) is 23.1 Å². The molecule has 1 amide bonds. The minimum atomic E-state index is -0.221. The van der Waals surface area contributed by atoms with Crippen molar-refractivity contribution in [1.29, 1.82) is 0 Å². The number of fused-ring (bicyclic) bond motifs is 1. The van der Waals surface area contributed by atoms with Gasteiger partial charge in [-0.3, -0.25) is 19.6 Å². The molecular weight excluding hydrogens is 412 g/mol. The Morgan fingerprint density at radius 2 is 2.07 bits per heavy atom. The summed E-state index contributed by atoms with van der Waals surface area (Å²) < 4.78 is 7.21. The summed E-state index contributed by atoms with van der Waals surface area (Å²) in [7, 11) is 0. The lowest BCUT2D eigenvalue weighted by atomic mass is 10.2. The topological polar surface area (TPSA) is 102 Å². The van der Waals surface area contributed by atoms with Gasteiger partial charge in [-0.1, -0.05) is 23.1 Å². The van der Waals surface area contributed by atoms with Crippen LogP contribution in [0.1, 0.15) is 22.7 Å². The molecule has 0 spiro atoms. The van der Waals surface area contributed by atoms with Crippen molar-refractivity contribution in [2.75, 3.05) is 43.9 Å². The molecule has 1 fully saturated rings. The van der Waals surface area contributed by atoms with E-state index < -0.39 is 0 Å². The van der Waals surface area contributed by atoms with E-state index in [0.29, 0.717) is 16.7 Å². The Hall–Kier alpha value is -1.82. The summed E-state index contributed by atoms with van der Waals surface area (Å²) in [6.45, 7) is 6.62. The fourth-order valence-electron chi connectivity index (χ4n) is 3.64. The molecule has 2 aliphatic rings. The smallest absolute Gasteiger partial charge is 0.348 e. The van der Waals surface area contributed by atoms with Gasteiger partial charge in [0.15, 0.2) is 0 Å². The van der Waals surface area contributed by atoms with Gasteiger partial charge in [0.1, 0.15) is 10.0 Å². The van der Waals surface area contributed by atoms with Crippen molar-refractivity contribution in [2.24, 2.45) is 0 Å². The lowest BCUT2D eigenvalue weighted by molar-refractivity contribution is -0.113. The number of nitrogens with one attached hydrogen (secondary N) is 1.